The van der Waals surface area contributed by atoms with Gasteiger partial charge in [-0.1, -0.05) is 17.7 Å². The van der Waals surface area contributed by atoms with E-state index < -0.39 is 6.09 Å². The number of methoxy groups -OCH3 is 1. The molecular weight excluding hydrogens is 368 g/mol. The lowest BCUT2D eigenvalue weighted by Gasteiger charge is -2.36. The zero-order valence-electron chi connectivity index (χ0n) is 14.9. The van der Waals surface area contributed by atoms with Gasteiger partial charge < -0.3 is 19.9 Å². The van der Waals surface area contributed by atoms with E-state index in [0.717, 1.165) is 18.8 Å². The maximum absolute atomic E-state index is 12.5. The van der Waals surface area contributed by atoms with Crippen molar-refractivity contribution in [1.82, 2.24) is 4.90 Å². The van der Waals surface area contributed by atoms with E-state index in [1.165, 1.54) is 7.11 Å². The van der Waals surface area contributed by atoms with Gasteiger partial charge in [-0.15, -0.1) is 0 Å². The highest BCUT2D eigenvalue weighted by molar-refractivity contribution is 6.30. The number of nitrogens with one attached hydrogen (secondary N) is 2. The Hall–Kier alpha value is -2.93. The fourth-order valence-electron chi connectivity index (χ4n) is 2.85. The van der Waals surface area contributed by atoms with Gasteiger partial charge >= 0.3 is 12.1 Å². The largest absolute Gasteiger partial charge is 0.453 e. The van der Waals surface area contributed by atoms with Gasteiger partial charge in [-0.3, -0.25) is 5.32 Å². The Balaban J connectivity index is 1.51. The van der Waals surface area contributed by atoms with E-state index >= 15 is 0 Å². The summed E-state index contributed by atoms with van der Waals surface area (Å²) in [6.45, 7) is 2.74. The summed E-state index contributed by atoms with van der Waals surface area (Å²) in [6, 6.07) is 14.4. The molecule has 0 radical (unpaired) electrons. The SMILES string of the molecule is COC(=O)Nc1ccc(NC(=O)N2CCN(c3cccc(Cl)c3)CC2)cc1. The number of rotatable bonds is 3. The number of carbonyl (C=O) groups is 2. The molecule has 0 aliphatic carbocycles. The van der Waals surface area contributed by atoms with Gasteiger partial charge in [0.1, 0.15) is 0 Å². The molecule has 0 unspecified atom stereocenters. The molecule has 8 heteroatoms. The number of carbonyl (C=O) groups excluding carboxylic acids is 2. The zero-order valence-corrected chi connectivity index (χ0v) is 15.7. The summed E-state index contributed by atoms with van der Waals surface area (Å²) in [4.78, 5) is 27.6. The Bertz CT molecular complexity index is 805. The second-order valence-corrected chi connectivity index (χ2v) is 6.51. The standard InChI is InChI=1S/C19H21ClN4O3/c1-27-19(26)22-16-7-5-15(6-8-16)21-18(25)24-11-9-23(10-12-24)17-4-2-3-14(20)13-17/h2-8,13H,9-12H2,1H3,(H,21,25)(H,22,26). The first-order valence-electron chi connectivity index (χ1n) is 8.56. The second kappa shape index (κ2) is 8.64. The summed E-state index contributed by atoms with van der Waals surface area (Å²) in [5, 5.41) is 6.14. The molecule has 0 saturated carbocycles. The van der Waals surface area contributed by atoms with Crippen LogP contribution < -0.4 is 15.5 Å². The molecule has 3 amide bonds. The van der Waals surface area contributed by atoms with Crippen LogP contribution in [0.5, 0.6) is 0 Å². The summed E-state index contributed by atoms with van der Waals surface area (Å²) in [5.41, 5.74) is 2.32. The molecule has 2 aromatic rings. The van der Waals surface area contributed by atoms with Crippen LogP contribution in [0.4, 0.5) is 26.7 Å². The van der Waals surface area contributed by atoms with Crippen molar-refractivity contribution in [2.75, 3.05) is 48.8 Å². The van der Waals surface area contributed by atoms with Crippen molar-refractivity contribution in [3.05, 3.63) is 53.6 Å². The van der Waals surface area contributed by atoms with Crippen LogP contribution >= 0.6 is 11.6 Å². The van der Waals surface area contributed by atoms with E-state index in [-0.39, 0.29) is 6.03 Å². The molecule has 7 nitrogen and oxygen atoms in total. The first-order chi connectivity index (χ1) is 13.0. The van der Waals surface area contributed by atoms with Gasteiger partial charge in [0, 0.05) is 48.3 Å². The molecular formula is C19H21ClN4O3. The van der Waals surface area contributed by atoms with Gasteiger partial charge in [-0.05, 0) is 42.5 Å². The molecule has 142 valence electrons. The van der Waals surface area contributed by atoms with Crippen molar-refractivity contribution in [2.45, 2.75) is 0 Å². The Labute approximate surface area is 162 Å². The minimum absolute atomic E-state index is 0.144. The fraction of sp³-hybridized carbons (Fsp3) is 0.263. The van der Waals surface area contributed by atoms with Crippen LogP contribution in [-0.2, 0) is 4.74 Å². The quantitative estimate of drug-likeness (QED) is 0.837. The van der Waals surface area contributed by atoms with Gasteiger partial charge in [-0.2, -0.15) is 0 Å². The Kier molecular flexibility index (Phi) is 6.03. The van der Waals surface area contributed by atoms with Gasteiger partial charge in [0.05, 0.1) is 7.11 Å². The number of piperazine rings is 1. The van der Waals surface area contributed by atoms with Crippen LogP contribution in [-0.4, -0.2) is 50.3 Å². The Morgan fingerprint density at radius 1 is 0.963 bits per heavy atom. The number of nitrogens with zero attached hydrogens (tertiary/aromatic N) is 2. The van der Waals surface area contributed by atoms with Crippen molar-refractivity contribution >= 4 is 40.8 Å². The molecule has 0 atom stereocenters. The topological polar surface area (TPSA) is 73.9 Å². The molecule has 1 saturated heterocycles. The monoisotopic (exact) mass is 388 g/mol. The van der Waals surface area contributed by atoms with E-state index in [1.807, 2.05) is 24.3 Å². The fourth-order valence-corrected chi connectivity index (χ4v) is 3.03. The number of amides is 3. The first-order valence-corrected chi connectivity index (χ1v) is 8.94. The molecule has 0 spiro atoms. The van der Waals surface area contributed by atoms with Gasteiger partial charge in [0.2, 0.25) is 0 Å². The summed E-state index contributed by atoms with van der Waals surface area (Å²) in [7, 11) is 1.30. The molecule has 1 heterocycles. The first kappa shape index (κ1) is 18.8. The molecule has 1 fully saturated rings. The van der Waals surface area contributed by atoms with Crippen molar-refractivity contribution in [2.24, 2.45) is 0 Å². The average Bonchev–Trinajstić information content (AvgIpc) is 2.69. The van der Waals surface area contributed by atoms with Crippen LogP contribution in [0.2, 0.25) is 5.02 Å². The zero-order chi connectivity index (χ0) is 19.2. The van der Waals surface area contributed by atoms with E-state index in [1.54, 1.807) is 29.2 Å². The number of hydrogen-bond donors (Lipinski definition) is 2. The van der Waals surface area contributed by atoms with Crippen LogP contribution in [0, 0.1) is 0 Å². The van der Waals surface area contributed by atoms with Gasteiger partial charge in [0.15, 0.2) is 0 Å². The van der Waals surface area contributed by atoms with Gasteiger partial charge in [-0.25, -0.2) is 9.59 Å². The third kappa shape index (κ3) is 5.04. The summed E-state index contributed by atoms with van der Waals surface area (Å²) in [5.74, 6) is 0. The Morgan fingerprint density at radius 2 is 1.59 bits per heavy atom. The molecule has 2 aromatic carbocycles. The van der Waals surface area contributed by atoms with Crippen LogP contribution in [0.25, 0.3) is 0 Å². The van der Waals surface area contributed by atoms with E-state index in [9.17, 15) is 9.59 Å². The van der Waals surface area contributed by atoms with Crippen molar-refractivity contribution in [1.29, 1.82) is 0 Å². The van der Waals surface area contributed by atoms with Crippen molar-refractivity contribution in [3.63, 3.8) is 0 Å². The molecule has 27 heavy (non-hydrogen) atoms. The number of ether oxygens (including phenoxy) is 1. The smallest absolute Gasteiger partial charge is 0.411 e. The third-order valence-corrected chi connectivity index (χ3v) is 4.54. The molecule has 3 rings (SSSR count). The lowest BCUT2D eigenvalue weighted by molar-refractivity contribution is 0.187. The highest BCUT2D eigenvalue weighted by Gasteiger charge is 2.21. The van der Waals surface area contributed by atoms with E-state index in [2.05, 4.69) is 20.3 Å². The Morgan fingerprint density at radius 3 is 2.19 bits per heavy atom. The molecule has 1 aliphatic heterocycles. The molecule has 0 aromatic heterocycles. The number of urea groups is 1. The average molecular weight is 389 g/mol. The van der Waals surface area contributed by atoms with Crippen LogP contribution in [0.15, 0.2) is 48.5 Å². The number of hydrogen-bond acceptors (Lipinski definition) is 4. The molecule has 2 N–H and O–H groups in total. The summed E-state index contributed by atoms with van der Waals surface area (Å²) in [6.07, 6.45) is -0.538. The van der Waals surface area contributed by atoms with E-state index in [0.29, 0.717) is 29.5 Å². The number of benzene rings is 2. The minimum atomic E-state index is -0.538. The molecule has 0 bridgehead atoms. The second-order valence-electron chi connectivity index (χ2n) is 6.08. The minimum Gasteiger partial charge on any atom is -0.453 e. The predicted octanol–water partition coefficient (Wildman–Crippen LogP) is 3.87. The van der Waals surface area contributed by atoms with Crippen molar-refractivity contribution in [3.8, 4) is 0 Å². The predicted molar refractivity (Wildman–Crippen MR) is 107 cm³/mol. The summed E-state index contributed by atoms with van der Waals surface area (Å²) < 4.78 is 4.54. The highest BCUT2D eigenvalue weighted by atomic mass is 35.5. The van der Waals surface area contributed by atoms with Crippen molar-refractivity contribution < 1.29 is 14.3 Å². The van der Waals surface area contributed by atoms with E-state index in [4.69, 9.17) is 11.6 Å². The van der Waals surface area contributed by atoms with Gasteiger partial charge in [0.25, 0.3) is 0 Å². The third-order valence-electron chi connectivity index (χ3n) is 4.31. The maximum atomic E-state index is 12.5. The highest BCUT2D eigenvalue weighted by Crippen LogP contribution is 2.21. The number of anilines is 3. The summed E-state index contributed by atoms with van der Waals surface area (Å²) >= 11 is 6.05. The normalized spacial score (nSPS) is 13.9. The lowest BCUT2D eigenvalue weighted by atomic mass is 10.2. The molecule has 1 aliphatic rings. The maximum Gasteiger partial charge on any atom is 0.411 e. The number of halogens is 1. The van der Waals surface area contributed by atoms with Crippen LogP contribution in [0.1, 0.15) is 0 Å². The lowest BCUT2D eigenvalue weighted by Crippen LogP contribution is -2.50. The van der Waals surface area contributed by atoms with Crippen LogP contribution in [0.3, 0.4) is 0 Å².